The fraction of sp³-hybridized carbons (Fsp3) is 0.286. The van der Waals surface area contributed by atoms with Crippen molar-refractivity contribution in [2.45, 2.75) is 13.0 Å². The van der Waals surface area contributed by atoms with E-state index in [1.165, 1.54) is 17.7 Å². The van der Waals surface area contributed by atoms with E-state index in [1.807, 2.05) is 6.92 Å². The van der Waals surface area contributed by atoms with Crippen LogP contribution in [0.3, 0.4) is 0 Å². The zero-order valence-corrected chi connectivity index (χ0v) is 8.28. The second-order valence-corrected chi connectivity index (χ2v) is 3.79. The summed E-state index contributed by atoms with van der Waals surface area (Å²) in [7, 11) is 0. The molecule has 0 saturated heterocycles. The van der Waals surface area contributed by atoms with E-state index in [4.69, 9.17) is 5.73 Å². The molecule has 0 aromatic carbocycles. The highest BCUT2D eigenvalue weighted by Crippen LogP contribution is 2.23. The molecule has 0 amide bonds. The Balaban J connectivity index is 2.05. The second kappa shape index (κ2) is 3.62. The zero-order chi connectivity index (χ0) is 9.97. The van der Waals surface area contributed by atoms with Crippen molar-refractivity contribution in [2.75, 3.05) is 11.1 Å². The molecule has 2 heterocycles. The van der Waals surface area contributed by atoms with Crippen molar-refractivity contribution in [3.05, 3.63) is 18.4 Å². The van der Waals surface area contributed by atoms with Crippen molar-refractivity contribution in [1.29, 1.82) is 0 Å². The first-order valence-electron chi connectivity index (χ1n) is 4.00. The van der Waals surface area contributed by atoms with Gasteiger partial charge in [0, 0.05) is 0 Å². The van der Waals surface area contributed by atoms with Crippen molar-refractivity contribution >= 4 is 21.5 Å². The van der Waals surface area contributed by atoms with Gasteiger partial charge in [-0.15, -0.1) is 0 Å². The van der Waals surface area contributed by atoms with Gasteiger partial charge in [-0.05, 0) is 6.92 Å². The van der Waals surface area contributed by atoms with Gasteiger partial charge in [-0.2, -0.15) is 4.98 Å². The van der Waals surface area contributed by atoms with Crippen LogP contribution >= 0.6 is 11.3 Å². The van der Waals surface area contributed by atoms with E-state index in [1.54, 1.807) is 6.20 Å². The third-order valence-electron chi connectivity index (χ3n) is 1.63. The molecule has 14 heavy (non-hydrogen) atoms. The van der Waals surface area contributed by atoms with Crippen LogP contribution in [0, 0.1) is 0 Å². The smallest absolute Gasteiger partial charge is 0.213 e. The normalized spacial score (nSPS) is 12.6. The molecule has 74 valence electrons. The van der Waals surface area contributed by atoms with Crippen LogP contribution in [0.5, 0.6) is 0 Å². The molecule has 7 heteroatoms. The van der Waals surface area contributed by atoms with Crippen LogP contribution in [0.4, 0.5) is 10.1 Å². The van der Waals surface area contributed by atoms with Crippen molar-refractivity contribution in [1.82, 2.24) is 15.1 Å². The number of rotatable bonds is 3. The molecule has 6 nitrogen and oxygen atoms in total. The topological polar surface area (TPSA) is 89.9 Å². The third-order valence-corrected chi connectivity index (χ3v) is 2.39. The van der Waals surface area contributed by atoms with Gasteiger partial charge in [-0.1, -0.05) is 16.5 Å². The van der Waals surface area contributed by atoms with E-state index < -0.39 is 0 Å². The SMILES string of the molecule is CC(Nc1ncc(N)s1)c1ncon1. The molecular formula is C7H9N5OS. The van der Waals surface area contributed by atoms with Gasteiger partial charge < -0.3 is 15.6 Å². The van der Waals surface area contributed by atoms with E-state index in [2.05, 4.69) is 25.0 Å². The molecule has 0 bridgehead atoms. The minimum Gasteiger partial charge on any atom is -0.389 e. The summed E-state index contributed by atoms with van der Waals surface area (Å²) in [5.74, 6) is 0.596. The average molecular weight is 211 g/mol. The Kier molecular flexibility index (Phi) is 2.32. The van der Waals surface area contributed by atoms with E-state index in [0.717, 1.165) is 5.13 Å². The van der Waals surface area contributed by atoms with Gasteiger partial charge in [0.1, 0.15) is 5.00 Å². The fourth-order valence-electron chi connectivity index (χ4n) is 0.973. The Labute approximate surface area is 84.2 Å². The first-order valence-corrected chi connectivity index (χ1v) is 4.81. The minimum absolute atomic E-state index is 0.0423. The second-order valence-electron chi connectivity index (χ2n) is 2.72. The highest BCUT2D eigenvalue weighted by atomic mass is 32.1. The van der Waals surface area contributed by atoms with E-state index in [0.29, 0.717) is 10.8 Å². The predicted octanol–water partition coefficient (Wildman–Crippen LogP) is 1.28. The average Bonchev–Trinajstić information content (AvgIpc) is 2.75. The Morgan fingerprint density at radius 1 is 1.57 bits per heavy atom. The maximum atomic E-state index is 5.54. The van der Waals surface area contributed by atoms with E-state index >= 15 is 0 Å². The quantitative estimate of drug-likeness (QED) is 0.794. The molecular weight excluding hydrogens is 202 g/mol. The monoisotopic (exact) mass is 211 g/mol. The van der Waals surface area contributed by atoms with Crippen LogP contribution in [0.25, 0.3) is 0 Å². The van der Waals surface area contributed by atoms with Gasteiger partial charge in [-0.3, -0.25) is 0 Å². The number of hydrogen-bond acceptors (Lipinski definition) is 7. The molecule has 0 radical (unpaired) electrons. The van der Waals surface area contributed by atoms with Crippen LogP contribution in [0.2, 0.25) is 0 Å². The van der Waals surface area contributed by atoms with Crippen LogP contribution in [-0.2, 0) is 0 Å². The molecule has 0 aliphatic carbocycles. The maximum Gasteiger partial charge on any atom is 0.213 e. The van der Waals surface area contributed by atoms with Gasteiger partial charge in [0.15, 0.2) is 11.0 Å². The number of nitrogens with two attached hydrogens (primary N) is 1. The van der Waals surface area contributed by atoms with E-state index in [-0.39, 0.29) is 6.04 Å². The molecule has 3 N–H and O–H groups in total. The van der Waals surface area contributed by atoms with Gasteiger partial charge in [-0.25, -0.2) is 4.98 Å². The van der Waals surface area contributed by atoms with Gasteiger partial charge in [0.2, 0.25) is 6.39 Å². The minimum atomic E-state index is -0.0423. The first kappa shape index (κ1) is 8.95. The molecule has 1 unspecified atom stereocenters. The number of hydrogen-bond donors (Lipinski definition) is 2. The van der Waals surface area contributed by atoms with Crippen LogP contribution < -0.4 is 11.1 Å². The summed E-state index contributed by atoms with van der Waals surface area (Å²) in [5.41, 5.74) is 5.54. The number of nitrogen functional groups attached to an aromatic ring is 1. The fourth-order valence-corrected chi connectivity index (χ4v) is 1.64. The predicted molar refractivity (Wildman–Crippen MR) is 52.9 cm³/mol. The summed E-state index contributed by atoms with van der Waals surface area (Å²) in [4.78, 5) is 7.99. The summed E-state index contributed by atoms with van der Waals surface area (Å²) >= 11 is 1.38. The highest BCUT2D eigenvalue weighted by molar-refractivity contribution is 7.19. The van der Waals surface area contributed by atoms with Crippen molar-refractivity contribution < 1.29 is 4.52 Å². The molecule has 1 atom stereocenters. The van der Waals surface area contributed by atoms with Gasteiger partial charge in [0.05, 0.1) is 12.2 Å². The van der Waals surface area contributed by atoms with Crippen LogP contribution in [-0.4, -0.2) is 15.1 Å². The lowest BCUT2D eigenvalue weighted by atomic mass is 10.3. The Bertz CT molecular complexity index is 398. The van der Waals surface area contributed by atoms with Gasteiger partial charge in [0.25, 0.3) is 0 Å². The molecule has 0 saturated carbocycles. The zero-order valence-electron chi connectivity index (χ0n) is 7.47. The molecule has 2 aromatic rings. The maximum absolute atomic E-state index is 5.54. The molecule has 0 aliphatic heterocycles. The summed E-state index contributed by atoms with van der Waals surface area (Å²) in [5, 5.41) is 8.25. The van der Waals surface area contributed by atoms with Crippen molar-refractivity contribution in [3.8, 4) is 0 Å². The molecule has 2 rings (SSSR count). The molecule has 0 aliphatic rings. The van der Waals surface area contributed by atoms with Crippen LogP contribution in [0.15, 0.2) is 17.1 Å². The lowest BCUT2D eigenvalue weighted by Crippen LogP contribution is -2.07. The lowest BCUT2D eigenvalue weighted by molar-refractivity contribution is 0.407. The number of aromatic nitrogens is 3. The largest absolute Gasteiger partial charge is 0.389 e. The number of nitrogens with one attached hydrogen (secondary N) is 1. The molecule has 0 spiro atoms. The summed E-state index contributed by atoms with van der Waals surface area (Å²) in [6.07, 6.45) is 2.90. The third kappa shape index (κ3) is 1.82. The molecule has 0 fully saturated rings. The molecule has 2 aromatic heterocycles. The first-order chi connectivity index (χ1) is 6.75. The lowest BCUT2D eigenvalue weighted by Gasteiger charge is -2.06. The summed E-state index contributed by atoms with van der Waals surface area (Å²) in [6.45, 7) is 1.92. The summed E-state index contributed by atoms with van der Waals surface area (Å²) in [6, 6.07) is -0.0423. The Morgan fingerprint density at radius 2 is 2.43 bits per heavy atom. The Morgan fingerprint density at radius 3 is 3.00 bits per heavy atom. The Hall–Kier alpha value is -1.63. The van der Waals surface area contributed by atoms with Crippen molar-refractivity contribution in [3.63, 3.8) is 0 Å². The van der Waals surface area contributed by atoms with E-state index in [9.17, 15) is 0 Å². The van der Waals surface area contributed by atoms with Crippen LogP contribution in [0.1, 0.15) is 18.8 Å². The number of nitrogens with zero attached hydrogens (tertiary/aromatic N) is 3. The van der Waals surface area contributed by atoms with Gasteiger partial charge >= 0.3 is 0 Å². The number of thiazole rings is 1. The highest BCUT2D eigenvalue weighted by Gasteiger charge is 2.11. The van der Waals surface area contributed by atoms with Crippen molar-refractivity contribution in [2.24, 2.45) is 0 Å². The standard InChI is InChI=1S/C7H9N5OS/c1-4(6-10-3-13-12-6)11-7-9-2-5(8)14-7/h2-4H,8H2,1H3,(H,9,11). The number of anilines is 2. The summed E-state index contributed by atoms with van der Waals surface area (Å²) < 4.78 is 4.64.